The quantitative estimate of drug-likeness (QED) is 0.128. The van der Waals surface area contributed by atoms with E-state index < -0.39 is 57.0 Å². The molecule has 8 rings (SSSR count). The second-order valence-corrected chi connectivity index (χ2v) is 14.6. The number of imide groups is 2. The number of nitrogens with one attached hydrogen (secondary N) is 1. The monoisotopic (exact) mass is 709 g/mol. The first kappa shape index (κ1) is 32.2. The zero-order valence-electron chi connectivity index (χ0n) is 26.6. The molecule has 4 aromatic rings. The van der Waals surface area contributed by atoms with Crippen molar-refractivity contribution >= 4 is 69.6 Å². The van der Waals surface area contributed by atoms with Crippen LogP contribution in [0.15, 0.2) is 109 Å². The van der Waals surface area contributed by atoms with Gasteiger partial charge in [-0.2, -0.15) is 0 Å². The molecule has 2 saturated heterocycles. The van der Waals surface area contributed by atoms with Crippen LogP contribution in [-0.4, -0.2) is 38.5 Å². The maximum Gasteiger partial charge on any atom is 0.258 e. The topological polar surface area (TPSA) is 107 Å². The van der Waals surface area contributed by atoms with Crippen molar-refractivity contribution in [1.82, 2.24) is 0 Å². The summed E-state index contributed by atoms with van der Waals surface area (Å²) < 4.78 is 13.9. The molecule has 4 amide bonds. The van der Waals surface area contributed by atoms with Gasteiger partial charge in [-0.1, -0.05) is 48.0 Å². The van der Waals surface area contributed by atoms with E-state index in [0.717, 1.165) is 28.4 Å². The van der Waals surface area contributed by atoms with Crippen LogP contribution in [0.5, 0.6) is 5.75 Å². The van der Waals surface area contributed by atoms with Crippen LogP contribution in [-0.2, 0) is 19.2 Å². The van der Waals surface area contributed by atoms with Crippen molar-refractivity contribution in [3.05, 3.63) is 126 Å². The average Bonchev–Trinajstić information content (AvgIpc) is 3.45. The lowest BCUT2D eigenvalue weighted by atomic mass is 9.56. The molecule has 3 fully saturated rings. The number of anilines is 4. The van der Waals surface area contributed by atoms with E-state index in [1.165, 1.54) is 17.0 Å². The van der Waals surface area contributed by atoms with E-state index >= 15 is 0 Å². The van der Waals surface area contributed by atoms with Crippen molar-refractivity contribution in [2.75, 3.05) is 15.1 Å². The first-order chi connectivity index (χ1) is 24.0. The molecule has 1 saturated carbocycles. The fraction of sp³-hybridized carbons (Fsp3) is 0.231. The predicted molar refractivity (Wildman–Crippen MR) is 188 cm³/mol. The van der Waals surface area contributed by atoms with Crippen LogP contribution < -0.4 is 15.1 Å². The average molecular weight is 711 g/mol. The number of rotatable bonds is 5. The van der Waals surface area contributed by atoms with Gasteiger partial charge in [-0.3, -0.25) is 24.1 Å². The Kier molecular flexibility index (Phi) is 7.44. The number of halogens is 3. The first-order valence-corrected chi connectivity index (χ1v) is 17.0. The van der Waals surface area contributed by atoms with Crippen LogP contribution in [0.1, 0.15) is 29.9 Å². The van der Waals surface area contributed by atoms with Gasteiger partial charge in [0.05, 0.1) is 23.2 Å². The molecule has 2 heterocycles. The van der Waals surface area contributed by atoms with Gasteiger partial charge in [0.25, 0.3) is 11.8 Å². The summed E-state index contributed by atoms with van der Waals surface area (Å²) >= 11 is 14.8. The minimum atomic E-state index is -2.13. The second kappa shape index (κ2) is 11.5. The molecular formula is C39H30Cl2FN3O5. The number of benzene rings is 4. The number of hydrogen-bond donors (Lipinski definition) is 2. The molecule has 0 radical (unpaired) electrons. The molecule has 0 spiro atoms. The summed E-state index contributed by atoms with van der Waals surface area (Å²) in [6.07, 6.45) is 1.78. The van der Waals surface area contributed by atoms with Gasteiger partial charge in [0, 0.05) is 22.9 Å². The van der Waals surface area contributed by atoms with E-state index in [4.69, 9.17) is 23.2 Å². The number of carbonyl (C=O) groups is 4. The number of para-hydroxylation sites is 2. The van der Waals surface area contributed by atoms with Crippen molar-refractivity contribution in [2.24, 2.45) is 17.8 Å². The minimum Gasteiger partial charge on any atom is -0.507 e. The summed E-state index contributed by atoms with van der Waals surface area (Å²) in [5.74, 6) is -6.70. The van der Waals surface area contributed by atoms with Crippen molar-refractivity contribution in [3.63, 3.8) is 0 Å². The lowest BCUT2D eigenvalue weighted by molar-refractivity contribution is -0.125. The smallest absolute Gasteiger partial charge is 0.258 e. The summed E-state index contributed by atoms with van der Waals surface area (Å²) in [6, 6.07) is 26.4. The van der Waals surface area contributed by atoms with Gasteiger partial charge < -0.3 is 10.4 Å². The Morgan fingerprint density at radius 3 is 2.10 bits per heavy atom. The Hall–Kier alpha value is -4.99. The number of amides is 4. The number of fused-ring (bicyclic) bond motifs is 4. The third kappa shape index (κ3) is 4.49. The summed E-state index contributed by atoms with van der Waals surface area (Å²) in [5.41, 5.74) is 3.48. The van der Waals surface area contributed by atoms with Crippen molar-refractivity contribution < 1.29 is 28.7 Å². The summed E-state index contributed by atoms with van der Waals surface area (Å²) in [4.78, 5) is 55.2. The van der Waals surface area contributed by atoms with Gasteiger partial charge in [-0.05, 0) is 91.9 Å². The van der Waals surface area contributed by atoms with Gasteiger partial charge in [-0.15, -0.1) is 23.2 Å². The molecule has 0 unspecified atom stereocenters. The minimum absolute atomic E-state index is 0.0846. The highest BCUT2D eigenvalue weighted by Crippen LogP contribution is 2.66. The van der Waals surface area contributed by atoms with Crippen LogP contribution in [0, 0.1) is 30.5 Å². The van der Waals surface area contributed by atoms with Gasteiger partial charge in [-0.25, -0.2) is 9.29 Å². The van der Waals surface area contributed by atoms with Gasteiger partial charge in [0.2, 0.25) is 11.8 Å². The summed E-state index contributed by atoms with van der Waals surface area (Å²) in [6.45, 7) is 1.70. The Bertz CT molecular complexity index is 2130. The number of aromatic hydroxyl groups is 1. The molecule has 50 heavy (non-hydrogen) atoms. The maximum atomic E-state index is 14.5. The van der Waals surface area contributed by atoms with Crippen molar-refractivity contribution in [1.29, 1.82) is 0 Å². The van der Waals surface area contributed by atoms with E-state index in [9.17, 15) is 28.7 Å². The molecule has 8 nitrogen and oxygen atoms in total. The zero-order valence-corrected chi connectivity index (χ0v) is 28.2. The van der Waals surface area contributed by atoms with Crippen LogP contribution in [0.3, 0.4) is 0 Å². The SMILES string of the molecule is Cc1cccc([C@H]2C3=CC[C@@H]4C(=O)N(c5ccc(Nc6ccccc6)cc5)C(=O)[C@@H]4[C@@H]3C[C@@]3(Cl)C(=O)N(c4ccc(F)cc4)C(=O)[C@@]23Cl)c1O. The molecule has 2 N–H and O–H groups in total. The van der Waals surface area contributed by atoms with Crippen LogP contribution in [0.2, 0.25) is 0 Å². The number of nitrogens with zero attached hydrogens (tertiary/aromatic N) is 2. The molecule has 2 aliphatic heterocycles. The van der Waals surface area contributed by atoms with Crippen LogP contribution in [0.25, 0.3) is 0 Å². The molecule has 2 aliphatic carbocycles. The normalized spacial score (nSPS) is 28.7. The Morgan fingerprint density at radius 1 is 0.760 bits per heavy atom. The molecule has 6 atom stereocenters. The molecule has 0 aromatic heterocycles. The van der Waals surface area contributed by atoms with Gasteiger partial charge in [0.1, 0.15) is 11.6 Å². The number of allylic oxidation sites excluding steroid dienone is 2. The maximum absolute atomic E-state index is 14.5. The fourth-order valence-electron chi connectivity index (χ4n) is 8.30. The van der Waals surface area contributed by atoms with E-state index in [0.29, 0.717) is 16.8 Å². The Balaban J connectivity index is 1.21. The van der Waals surface area contributed by atoms with Crippen molar-refractivity contribution in [2.45, 2.75) is 35.4 Å². The Morgan fingerprint density at radius 2 is 1.40 bits per heavy atom. The number of phenolic OH excluding ortho intramolecular Hbond substituents is 1. The van der Waals surface area contributed by atoms with E-state index in [1.807, 2.05) is 36.4 Å². The lowest BCUT2D eigenvalue weighted by Crippen LogP contribution is -2.60. The lowest BCUT2D eigenvalue weighted by Gasteiger charge is -2.50. The number of carbonyl (C=O) groups excluding carboxylic acids is 4. The zero-order chi connectivity index (χ0) is 35.1. The fourth-order valence-corrected chi connectivity index (χ4v) is 9.22. The van der Waals surface area contributed by atoms with Crippen molar-refractivity contribution in [3.8, 4) is 5.75 Å². The third-order valence-corrected chi connectivity index (χ3v) is 12.1. The highest BCUT2D eigenvalue weighted by Gasteiger charge is 2.77. The number of aryl methyl sites for hydroxylation is 1. The highest BCUT2D eigenvalue weighted by atomic mass is 35.5. The number of hydrogen-bond acceptors (Lipinski definition) is 6. The molecular weight excluding hydrogens is 680 g/mol. The standard InChI is InChI=1S/C39H30Cl2FN3O5/c1-21-6-5-9-29(33(21)46)32-27-18-19-28-31(35(48)44(34(28)47)25-16-12-24(13-17-25)43-23-7-3-2-4-8-23)30(27)20-38(40)36(49)45(37(50)39(32,38)41)26-14-10-22(42)11-15-26/h2-18,28,30-32,43,46H,19-20H2,1H3/t28-,30+,31-,32+,38+,39-/m0/s1. The summed E-state index contributed by atoms with van der Waals surface area (Å²) in [5, 5.41) is 14.7. The van der Waals surface area contributed by atoms with E-state index in [-0.39, 0.29) is 35.7 Å². The molecule has 4 aromatic carbocycles. The highest BCUT2D eigenvalue weighted by molar-refractivity contribution is 6.58. The molecule has 0 bridgehead atoms. The number of phenols is 1. The Labute approximate surface area is 297 Å². The number of alkyl halides is 2. The summed E-state index contributed by atoms with van der Waals surface area (Å²) in [7, 11) is 0. The molecule has 4 aliphatic rings. The van der Waals surface area contributed by atoms with E-state index in [2.05, 4.69) is 5.32 Å². The molecule has 252 valence electrons. The van der Waals surface area contributed by atoms with Crippen LogP contribution >= 0.6 is 23.2 Å². The van der Waals surface area contributed by atoms with E-state index in [1.54, 1.807) is 49.4 Å². The third-order valence-electron chi connectivity index (χ3n) is 10.7. The molecule has 11 heteroatoms. The van der Waals surface area contributed by atoms with Crippen LogP contribution in [0.4, 0.5) is 27.1 Å². The van der Waals surface area contributed by atoms with Gasteiger partial charge in [0.15, 0.2) is 9.75 Å². The first-order valence-electron chi connectivity index (χ1n) is 16.3. The predicted octanol–water partition coefficient (Wildman–Crippen LogP) is 7.35. The van der Waals surface area contributed by atoms with Gasteiger partial charge >= 0.3 is 0 Å². The largest absolute Gasteiger partial charge is 0.507 e. The second-order valence-electron chi connectivity index (χ2n) is 13.3.